The van der Waals surface area contributed by atoms with Crippen molar-refractivity contribution >= 4 is 34.9 Å². The van der Waals surface area contributed by atoms with Gasteiger partial charge in [-0.2, -0.15) is 0 Å². The molecular weight excluding hydrogens is 288 g/mol. The zero-order valence-electron chi connectivity index (χ0n) is 10.5. The summed E-state index contributed by atoms with van der Waals surface area (Å²) in [5.41, 5.74) is -0.244. The number of carbonyl (C=O) groups excluding carboxylic acids is 2. The molecule has 1 aliphatic rings. The Hall–Kier alpha value is -2.15. The number of amides is 1. The molecule has 1 unspecified atom stereocenters. The van der Waals surface area contributed by atoms with Crippen molar-refractivity contribution in [1.82, 2.24) is 0 Å². The van der Waals surface area contributed by atoms with Crippen LogP contribution in [0.2, 0.25) is 5.02 Å². The van der Waals surface area contributed by atoms with Crippen LogP contribution in [0, 0.1) is 16.0 Å². The number of halogens is 1. The molecule has 1 aromatic carbocycles. The molecule has 0 saturated carbocycles. The number of nitro groups is 1. The van der Waals surface area contributed by atoms with E-state index in [-0.39, 0.29) is 35.3 Å². The summed E-state index contributed by atoms with van der Waals surface area (Å²) in [6.45, 7) is 0.0483. The lowest BCUT2D eigenvalue weighted by atomic mass is 10.1. The Labute approximate surface area is 119 Å². The summed E-state index contributed by atoms with van der Waals surface area (Å²) in [6.07, 6.45) is -0.0314. The van der Waals surface area contributed by atoms with Gasteiger partial charge >= 0.3 is 11.7 Å². The number of para-hydroxylation sites is 1. The maximum Gasteiger partial charge on any atom is 0.311 e. The number of benzene rings is 1. The number of carbonyl (C=O) groups is 2. The van der Waals surface area contributed by atoms with Crippen LogP contribution >= 0.6 is 11.6 Å². The molecule has 1 heterocycles. The molecule has 1 aliphatic heterocycles. The summed E-state index contributed by atoms with van der Waals surface area (Å²) in [5, 5.41) is 11.0. The molecule has 0 N–H and O–H groups in total. The fraction of sp³-hybridized carbons (Fsp3) is 0.333. The standard InChI is InChI=1S/C12H11ClN2O5/c1-20-12(17)7-5-10(16)14(6-7)9-4-2-3-8(13)11(9)15(18)19/h2-4,7H,5-6H2,1H3. The summed E-state index contributed by atoms with van der Waals surface area (Å²) in [6, 6.07) is 4.33. The smallest absolute Gasteiger partial charge is 0.311 e. The largest absolute Gasteiger partial charge is 0.469 e. The van der Waals surface area contributed by atoms with Crippen LogP contribution < -0.4 is 4.90 Å². The minimum Gasteiger partial charge on any atom is -0.469 e. The van der Waals surface area contributed by atoms with E-state index in [0.717, 1.165) is 0 Å². The molecule has 8 heteroatoms. The van der Waals surface area contributed by atoms with Gasteiger partial charge in [0.1, 0.15) is 10.7 Å². The van der Waals surface area contributed by atoms with Crippen LogP contribution in [0.1, 0.15) is 6.42 Å². The molecule has 0 bridgehead atoms. The van der Waals surface area contributed by atoms with Gasteiger partial charge in [0.2, 0.25) is 5.91 Å². The fourth-order valence-corrected chi connectivity index (χ4v) is 2.41. The summed E-state index contributed by atoms with van der Waals surface area (Å²) < 4.78 is 4.59. The second-order valence-electron chi connectivity index (χ2n) is 4.29. The van der Waals surface area contributed by atoms with Gasteiger partial charge in [-0.05, 0) is 12.1 Å². The lowest BCUT2D eigenvalue weighted by Gasteiger charge is -2.16. The molecule has 1 fully saturated rings. The number of esters is 1. The van der Waals surface area contributed by atoms with E-state index in [1.165, 1.54) is 30.2 Å². The van der Waals surface area contributed by atoms with Crippen molar-refractivity contribution in [3.05, 3.63) is 33.3 Å². The lowest BCUT2D eigenvalue weighted by molar-refractivity contribution is -0.383. The monoisotopic (exact) mass is 298 g/mol. The third-order valence-corrected chi connectivity index (χ3v) is 3.40. The molecule has 1 amide bonds. The Bertz CT molecular complexity index is 589. The van der Waals surface area contributed by atoms with Crippen LogP contribution in [-0.2, 0) is 14.3 Å². The molecule has 7 nitrogen and oxygen atoms in total. The summed E-state index contributed by atoms with van der Waals surface area (Å²) >= 11 is 5.81. The van der Waals surface area contributed by atoms with Crippen molar-refractivity contribution in [2.24, 2.45) is 5.92 Å². The summed E-state index contributed by atoms with van der Waals surface area (Å²) in [5.74, 6) is -1.50. The minimum atomic E-state index is -0.642. The molecule has 1 saturated heterocycles. The van der Waals surface area contributed by atoms with Crippen molar-refractivity contribution in [2.75, 3.05) is 18.6 Å². The fourth-order valence-electron chi connectivity index (χ4n) is 2.17. The third-order valence-electron chi connectivity index (χ3n) is 3.10. The number of hydrogen-bond acceptors (Lipinski definition) is 5. The average molecular weight is 299 g/mol. The van der Waals surface area contributed by atoms with Crippen molar-refractivity contribution < 1.29 is 19.2 Å². The number of rotatable bonds is 3. The highest BCUT2D eigenvalue weighted by Gasteiger charge is 2.38. The Kier molecular flexibility index (Phi) is 3.89. The average Bonchev–Trinajstić information content (AvgIpc) is 2.79. The van der Waals surface area contributed by atoms with Gasteiger partial charge in [-0.1, -0.05) is 17.7 Å². The predicted octanol–water partition coefficient (Wildman–Crippen LogP) is 1.77. The van der Waals surface area contributed by atoms with Gasteiger partial charge in [0.05, 0.1) is 18.0 Å². The van der Waals surface area contributed by atoms with E-state index in [9.17, 15) is 19.7 Å². The zero-order valence-corrected chi connectivity index (χ0v) is 11.3. The molecule has 20 heavy (non-hydrogen) atoms. The van der Waals surface area contributed by atoms with E-state index in [2.05, 4.69) is 4.74 Å². The van der Waals surface area contributed by atoms with Crippen molar-refractivity contribution in [1.29, 1.82) is 0 Å². The maximum atomic E-state index is 11.9. The molecule has 1 aromatic rings. The number of hydrogen-bond donors (Lipinski definition) is 0. The predicted molar refractivity (Wildman–Crippen MR) is 70.6 cm³/mol. The van der Waals surface area contributed by atoms with E-state index in [1.54, 1.807) is 0 Å². The Morgan fingerprint density at radius 2 is 2.25 bits per heavy atom. The number of anilines is 1. The van der Waals surface area contributed by atoms with Gasteiger partial charge in [-0.15, -0.1) is 0 Å². The van der Waals surface area contributed by atoms with Crippen molar-refractivity contribution in [3.8, 4) is 0 Å². The minimum absolute atomic E-state index is 0.0314. The van der Waals surface area contributed by atoms with Crippen LogP contribution in [0.25, 0.3) is 0 Å². The molecule has 106 valence electrons. The van der Waals surface area contributed by atoms with Crippen LogP contribution in [0.15, 0.2) is 18.2 Å². The van der Waals surface area contributed by atoms with Gasteiger partial charge in [0.25, 0.3) is 0 Å². The molecule has 0 aromatic heterocycles. The first-order valence-electron chi connectivity index (χ1n) is 5.76. The number of nitro benzene ring substituents is 1. The second-order valence-corrected chi connectivity index (χ2v) is 4.70. The van der Waals surface area contributed by atoms with Crippen LogP contribution in [0.3, 0.4) is 0 Å². The van der Waals surface area contributed by atoms with E-state index in [0.29, 0.717) is 0 Å². The van der Waals surface area contributed by atoms with Gasteiger partial charge < -0.3 is 9.64 Å². The van der Waals surface area contributed by atoms with Crippen molar-refractivity contribution in [3.63, 3.8) is 0 Å². The van der Waals surface area contributed by atoms with E-state index in [4.69, 9.17) is 11.6 Å². The number of methoxy groups -OCH3 is 1. The maximum absolute atomic E-state index is 11.9. The molecule has 0 radical (unpaired) electrons. The first-order valence-corrected chi connectivity index (χ1v) is 6.14. The van der Waals surface area contributed by atoms with E-state index >= 15 is 0 Å². The molecule has 1 atom stereocenters. The highest BCUT2D eigenvalue weighted by molar-refractivity contribution is 6.33. The molecule has 0 spiro atoms. The molecule has 2 rings (SSSR count). The van der Waals surface area contributed by atoms with Crippen molar-refractivity contribution in [2.45, 2.75) is 6.42 Å². The third kappa shape index (κ3) is 2.44. The van der Waals surface area contributed by atoms with Crippen LogP contribution in [0.4, 0.5) is 11.4 Å². The topological polar surface area (TPSA) is 89.8 Å². The van der Waals surface area contributed by atoms with E-state index in [1.807, 2.05) is 0 Å². The normalized spacial score (nSPS) is 18.2. The summed E-state index contributed by atoms with van der Waals surface area (Å²) in [4.78, 5) is 35.0. The molecule has 0 aliphatic carbocycles. The Balaban J connectivity index is 2.38. The number of ether oxygens (including phenoxy) is 1. The SMILES string of the molecule is COC(=O)C1CC(=O)N(c2cccc(Cl)c2[N+](=O)[O-])C1. The van der Waals surface area contributed by atoms with Gasteiger partial charge in [-0.3, -0.25) is 19.7 Å². The Morgan fingerprint density at radius 3 is 2.85 bits per heavy atom. The first-order chi connectivity index (χ1) is 9.45. The zero-order chi connectivity index (χ0) is 14.9. The lowest BCUT2D eigenvalue weighted by Crippen LogP contribution is -2.26. The highest BCUT2D eigenvalue weighted by atomic mass is 35.5. The quantitative estimate of drug-likeness (QED) is 0.482. The van der Waals surface area contributed by atoms with Crippen LogP contribution in [0.5, 0.6) is 0 Å². The van der Waals surface area contributed by atoms with Gasteiger partial charge in [0.15, 0.2) is 0 Å². The first kappa shape index (κ1) is 14.3. The van der Waals surface area contributed by atoms with Crippen LogP contribution in [-0.4, -0.2) is 30.5 Å². The number of nitrogens with zero attached hydrogens (tertiary/aromatic N) is 2. The second kappa shape index (κ2) is 5.46. The Morgan fingerprint density at radius 1 is 1.55 bits per heavy atom. The van der Waals surface area contributed by atoms with Gasteiger partial charge in [-0.25, -0.2) is 0 Å². The molecular formula is C12H11ClN2O5. The summed E-state index contributed by atoms with van der Waals surface area (Å²) in [7, 11) is 1.23. The van der Waals surface area contributed by atoms with Gasteiger partial charge in [0, 0.05) is 13.0 Å². The highest BCUT2D eigenvalue weighted by Crippen LogP contribution is 2.37. The van der Waals surface area contributed by atoms with E-state index < -0.39 is 16.8 Å².